The molecule has 0 bridgehead atoms. The van der Waals surface area contributed by atoms with Gasteiger partial charge in [-0.05, 0) is 31.2 Å². The molecule has 2 rings (SSSR count). The number of hydrogen-bond acceptors (Lipinski definition) is 3. The number of anilines is 1. The predicted octanol–water partition coefficient (Wildman–Crippen LogP) is 4.50. The monoisotopic (exact) mass is 309 g/mol. The lowest BCUT2D eigenvalue weighted by Gasteiger charge is -2.15. The van der Waals surface area contributed by atoms with Gasteiger partial charge in [-0.2, -0.15) is 0 Å². The Balaban J connectivity index is 2.19. The molecule has 5 heteroatoms. The van der Waals surface area contributed by atoms with Crippen LogP contribution in [0.15, 0.2) is 36.4 Å². The van der Waals surface area contributed by atoms with Gasteiger partial charge in [0, 0.05) is 17.1 Å². The van der Waals surface area contributed by atoms with Crippen molar-refractivity contribution in [3.05, 3.63) is 52.8 Å². The number of nitrogens with one attached hydrogen (secondary N) is 1. The van der Waals surface area contributed by atoms with Gasteiger partial charge < -0.3 is 14.8 Å². The molecule has 0 saturated carbocycles. The lowest BCUT2D eigenvalue weighted by atomic mass is 10.1. The van der Waals surface area contributed by atoms with Crippen LogP contribution in [0.3, 0.4) is 0 Å². The highest BCUT2D eigenvalue weighted by Gasteiger charge is 2.10. The molecule has 0 unspecified atom stereocenters. The molecule has 3 nitrogen and oxygen atoms in total. The number of methoxy groups -OCH3 is 1. The fourth-order valence-corrected chi connectivity index (χ4v) is 2.20. The normalized spacial score (nSPS) is 10.3. The number of hydrogen-bond donors (Lipinski definition) is 1. The average Bonchev–Trinajstić information content (AvgIpc) is 2.48. The van der Waals surface area contributed by atoms with Crippen LogP contribution in [-0.2, 0) is 6.54 Å². The molecule has 0 atom stereocenters. The van der Waals surface area contributed by atoms with Gasteiger partial charge >= 0.3 is 0 Å². The highest BCUT2D eigenvalue weighted by Crippen LogP contribution is 2.32. The molecule has 0 heterocycles. The molecule has 0 saturated heterocycles. The van der Waals surface area contributed by atoms with E-state index in [0.29, 0.717) is 35.4 Å². The maximum absolute atomic E-state index is 13.7. The first-order valence-electron chi connectivity index (χ1n) is 6.63. The first-order chi connectivity index (χ1) is 10.2. The van der Waals surface area contributed by atoms with Gasteiger partial charge in [-0.15, -0.1) is 0 Å². The first-order valence-corrected chi connectivity index (χ1v) is 7.01. The molecule has 0 fully saturated rings. The molecule has 0 aromatic heterocycles. The molecule has 0 amide bonds. The van der Waals surface area contributed by atoms with Crippen molar-refractivity contribution in [3.8, 4) is 11.5 Å². The maximum Gasteiger partial charge on any atom is 0.165 e. The Kier molecular flexibility index (Phi) is 5.28. The summed E-state index contributed by atoms with van der Waals surface area (Å²) in [6.07, 6.45) is 0. The topological polar surface area (TPSA) is 30.5 Å². The van der Waals surface area contributed by atoms with Crippen LogP contribution in [0.1, 0.15) is 12.5 Å². The summed E-state index contributed by atoms with van der Waals surface area (Å²) in [4.78, 5) is 0. The fourth-order valence-electron chi connectivity index (χ4n) is 2.02. The Labute approximate surface area is 128 Å². The summed E-state index contributed by atoms with van der Waals surface area (Å²) in [6, 6.07) is 10.0. The van der Waals surface area contributed by atoms with Gasteiger partial charge in [-0.1, -0.05) is 23.7 Å². The van der Waals surface area contributed by atoms with Crippen molar-refractivity contribution in [2.24, 2.45) is 0 Å². The molecule has 0 aliphatic carbocycles. The molecule has 2 aromatic carbocycles. The third-order valence-corrected chi connectivity index (χ3v) is 3.20. The van der Waals surface area contributed by atoms with Crippen LogP contribution < -0.4 is 14.8 Å². The number of halogens is 2. The fraction of sp³-hybridized carbons (Fsp3) is 0.250. The summed E-state index contributed by atoms with van der Waals surface area (Å²) in [5, 5.41) is 3.50. The second-order valence-electron chi connectivity index (χ2n) is 4.36. The van der Waals surface area contributed by atoms with Crippen molar-refractivity contribution in [1.82, 2.24) is 0 Å². The quantitative estimate of drug-likeness (QED) is 0.852. The number of rotatable bonds is 6. The van der Waals surface area contributed by atoms with E-state index in [1.807, 2.05) is 25.1 Å². The van der Waals surface area contributed by atoms with E-state index < -0.39 is 0 Å². The van der Waals surface area contributed by atoms with Gasteiger partial charge in [0.05, 0.1) is 19.4 Å². The van der Waals surface area contributed by atoms with Gasteiger partial charge in [0.15, 0.2) is 11.5 Å². The zero-order chi connectivity index (χ0) is 15.2. The van der Waals surface area contributed by atoms with E-state index in [-0.39, 0.29) is 5.82 Å². The Hall–Kier alpha value is -1.94. The Morgan fingerprint density at radius 3 is 2.76 bits per heavy atom. The van der Waals surface area contributed by atoms with E-state index in [0.717, 1.165) is 5.56 Å². The van der Waals surface area contributed by atoms with E-state index in [1.54, 1.807) is 13.2 Å². The second kappa shape index (κ2) is 7.18. The SMILES string of the molecule is CCOc1cccc(CNc2cc(Cl)ccc2F)c1OC. The van der Waals surface area contributed by atoms with Gasteiger partial charge in [0.1, 0.15) is 5.82 Å². The van der Waals surface area contributed by atoms with Crippen LogP contribution >= 0.6 is 11.6 Å². The van der Waals surface area contributed by atoms with Crippen molar-refractivity contribution in [2.75, 3.05) is 19.0 Å². The number of benzene rings is 2. The molecule has 0 aliphatic rings. The summed E-state index contributed by atoms with van der Waals surface area (Å²) in [6.45, 7) is 2.86. The molecule has 0 spiro atoms. The Morgan fingerprint density at radius 1 is 1.24 bits per heavy atom. The third kappa shape index (κ3) is 3.79. The average molecular weight is 310 g/mol. The minimum atomic E-state index is -0.348. The molecule has 2 aromatic rings. The standard InChI is InChI=1S/C16H17ClFNO2/c1-3-21-15-6-4-5-11(16(15)20-2)10-19-14-9-12(17)7-8-13(14)18/h4-9,19H,3,10H2,1-2H3. The zero-order valence-electron chi connectivity index (χ0n) is 12.0. The summed E-state index contributed by atoms with van der Waals surface area (Å²) in [7, 11) is 1.58. The molecule has 1 N–H and O–H groups in total. The Bertz CT molecular complexity index is 619. The highest BCUT2D eigenvalue weighted by molar-refractivity contribution is 6.30. The predicted molar refractivity (Wildman–Crippen MR) is 82.9 cm³/mol. The molecular weight excluding hydrogens is 293 g/mol. The molecule has 21 heavy (non-hydrogen) atoms. The van der Waals surface area contributed by atoms with Crippen molar-refractivity contribution < 1.29 is 13.9 Å². The van der Waals surface area contributed by atoms with Crippen LogP contribution in [-0.4, -0.2) is 13.7 Å². The van der Waals surface area contributed by atoms with Gasteiger partial charge in [0.2, 0.25) is 0 Å². The van der Waals surface area contributed by atoms with E-state index in [1.165, 1.54) is 12.1 Å². The lowest BCUT2D eigenvalue weighted by molar-refractivity contribution is 0.309. The first kappa shape index (κ1) is 15.4. The number of para-hydroxylation sites is 1. The van der Waals surface area contributed by atoms with Gasteiger partial charge in [-0.3, -0.25) is 0 Å². The smallest absolute Gasteiger partial charge is 0.165 e. The third-order valence-electron chi connectivity index (χ3n) is 2.96. The van der Waals surface area contributed by atoms with Crippen molar-refractivity contribution in [3.63, 3.8) is 0 Å². The lowest BCUT2D eigenvalue weighted by Crippen LogP contribution is -2.05. The van der Waals surface area contributed by atoms with Crippen LogP contribution in [0.25, 0.3) is 0 Å². The van der Waals surface area contributed by atoms with E-state index in [2.05, 4.69) is 5.32 Å². The minimum Gasteiger partial charge on any atom is -0.493 e. The van der Waals surface area contributed by atoms with Gasteiger partial charge in [0.25, 0.3) is 0 Å². The summed E-state index contributed by atoms with van der Waals surface area (Å²) in [5.41, 5.74) is 1.23. The molecule has 0 aliphatic heterocycles. The van der Waals surface area contributed by atoms with Crippen LogP contribution in [0.4, 0.5) is 10.1 Å². The summed E-state index contributed by atoms with van der Waals surface area (Å²) in [5.74, 6) is 0.972. The van der Waals surface area contributed by atoms with E-state index in [4.69, 9.17) is 21.1 Å². The van der Waals surface area contributed by atoms with E-state index in [9.17, 15) is 4.39 Å². The van der Waals surface area contributed by atoms with E-state index >= 15 is 0 Å². The van der Waals surface area contributed by atoms with Gasteiger partial charge in [-0.25, -0.2) is 4.39 Å². The summed E-state index contributed by atoms with van der Waals surface area (Å²) < 4.78 is 24.6. The Morgan fingerprint density at radius 2 is 2.05 bits per heavy atom. The number of ether oxygens (including phenoxy) is 2. The second-order valence-corrected chi connectivity index (χ2v) is 4.80. The summed E-state index contributed by atoms with van der Waals surface area (Å²) >= 11 is 5.87. The highest BCUT2D eigenvalue weighted by atomic mass is 35.5. The van der Waals surface area contributed by atoms with Crippen molar-refractivity contribution in [1.29, 1.82) is 0 Å². The van der Waals surface area contributed by atoms with Crippen LogP contribution in [0, 0.1) is 5.82 Å². The largest absolute Gasteiger partial charge is 0.493 e. The zero-order valence-corrected chi connectivity index (χ0v) is 12.7. The molecular formula is C16H17ClFNO2. The van der Waals surface area contributed by atoms with Crippen LogP contribution in [0.2, 0.25) is 5.02 Å². The van der Waals surface area contributed by atoms with Crippen LogP contribution in [0.5, 0.6) is 11.5 Å². The molecule has 0 radical (unpaired) electrons. The van der Waals surface area contributed by atoms with Crippen molar-refractivity contribution >= 4 is 17.3 Å². The maximum atomic E-state index is 13.7. The molecule has 112 valence electrons. The van der Waals surface area contributed by atoms with Crippen molar-refractivity contribution in [2.45, 2.75) is 13.5 Å². The minimum absolute atomic E-state index is 0.348.